The Labute approximate surface area is 197 Å². The first-order valence-corrected chi connectivity index (χ1v) is 10.3. The number of nitrogens with zero attached hydrogens (tertiary/aromatic N) is 4. The molecule has 0 N–H and O–H groups in total. The summed E-state index contributed by atoms with van der Waals surface area (Å²) in [5.74, 6) is -1.91. The van der Waals surface area contributed by atoms with Crippen LogP contribution in [0.5, 0.6) is 0 Å². The number of amides is 1. The molecular weight excluding hydrogens is 446 g/mol. The maximum absolute atomic E-state index is 13.6. The smallest absolute Gasteiger partial charge is 0.259 e. The number of anilines is 1. The van der Waals surface area contributed by atoms with Crippen LogP contribution in [0.1, 0.15) is 39.9 Å². The minimum Gasteiger partial charge on any atom is -0.311 e. The van der Waals surface area contributed by atoms with E-state index < -0.39 is 11.6 Å². The number of hydrogen-bond acceptors (Lipinski definition) is 4. The number of rotatable bonds is 7. The molecule has 2 aromatic carbocycles. The number of halogens is 3. The monoisotopic (exact) mass is 468 g/mol. The second kappa shape index (κ2) is 10.5. The van der Waals surface area contributed by atoms with Gasteiger partial charge in [-0.1, -0.05) is 6.07 Å². The van der Waals surface area contributed by atoms with Gasteiger partial charge in [-0.05, 0) is 66.4 Å². The molecule has 170 valence electrons. The number of carbonyl (C=O) groups excluding carboxylic acids is 1. The van der Waals surface area contributed by atoms with Gasteiger partial charge in [-0.15, -0.1) is 12.4 Å². The van der Waals surface area contributed by atoms with Crippen LogP contribution in [0.2, 0.25) is 0 Å². The van der Waals surface area contributed by atoms with Crippen molar-refractivity contribution >= 4 is 24.0 Å². The predicted octanol–water partition coefficient (Wildman–Crippen LogP) is 5.09. The van der Waals surface area contributed by atoms with E-state index in [0.717, 1.165) is 24.5 Å². The van der Waals surface area contributed by atoms with Gasteiger partial charge in [0.05, 0.1) is 17.2 Å². The van der Waals surface area contributed by atoms with Gasteiger partial charge in [-0.25, -0.2) is 8.78 Å². The van der Waals surface area contributed by atoms with Crippen molar-refractivity contribution in [1.29, 1.82) is 5.26 Å². The lowest BCUT2D eigenvalue weighted by Gasteiger charge is -2.23. The second-order valence-corrected chi connectivity index (χ2v) is 7.99. The second-order valence-electron chi connectivity index (χ2n) is 7.99. The van der Waals surface area contributed by atoms with Crippen LogP contribution in [0.25, 0.3) is 0 Å². The van der Waals surface area contributed by atoms with E-state index in [-0.39, 0.29) is 18.3 Å². The van der Waals surface area contributed by atoms with Gasteiger partial charge in [0.15, 0.2) is 11.6 Å². The number of hydrogen-bond donors (Lipinski definition) is 0. The minimum absolute atomic E-state index is 0. The SMILES string of the molecule is CN(C(=O)c1cncc(CN(Cc2ccc(F)c(F)c2)C2CC2)c1)c1ccc(C#N)cc1.Cl. The molecule has 0 spiro atoms. The van der Waals surface area contributed by atoms with Gasteiger partial charge in [0.2, 0.25) is 0 Å². The van der Waals surface area contributed by atoms with Gasteiger partial charge < -0.3 is 4.90 Å². The summed E-state index contributed by atoms with van der Waals surface area (Å²) in [7, 11) is 1.68. The van der Waals surface area contributed by atoms with E-state index in [2.05, 4.69) is 16.0 Å². The van der Waals surface area contributed by atoms with Crippen molar-refractivity contribution in [3.8, 4) is 6.07 Å². The molecular formula is C25H23ClF2N4O. The van der Waals surface area contributed by atoms with Crippen molar-refractivity contribution in [3.05, 3.63) is 94.8 Å². The van der Waals surface area contributed by atoms with Crippen LogP contribution in [-0.2, 0) is 13.1 Å². The van der Waals surface area contributed by atoms with Gasteiger partial charge in [-0.3, -0.25) is 14.7 Å². The normalized spacial score (nSPS) is 12.7. The fourth-order valence-electron chi connectivity index (χ4n) is 3.62. The Morgan fingerprint density at radius 1 is 1.03 bits per heavy atom. The molecule has 4 rings (SSSR count). The summed E-state index contributed by atoms with van der Waals surface area (Å²) in [5.41, 5.74) is 3.24. The summed E-state index contributed by atoms with van der Waals surface area (Å²) in [6, 6.07) is 15.0. The van der Waals surface area contributed by atoms with Crippen molar-refractivity contribution in [2.24, 2.45) is 0 Å². The maximum atomic E-state index is 13.6. The van der Waals surface area contributed by atoms with Gasteiger partial charge >= 0.3 is 0 Å². The number of carbonyl (C=O) groups is 1. The van der Waals surface area contributed by atoms with E-state index in [9.17, 15) is 13.6 Å². The van der Waals surface area contributed by atoms with Crippen LogP contribution in [-0.4, -0.2) is 28.9 Å². The lowest BCUT2D eigenvalue weighted by atomic mass is 10.1. The molecule has 0 atom stereocenters. The highest BCUT2D eigenvalue weighted by Crippen LogP contribution is 2.30. The molecule has 1 heterocycles. The number of pyridine rings is 1. The van der Waals surface area contributed by atoms with Crippen LogP contribution in [0, 0.1) is 23.0 Å². The van der Waals surface area contributed by atoms with Gasteiger partial charge in [-0.2, -0.15) is 5.26 Å². The summed E-state index contributed by atoms with van der Waals surface area (Å²) in [6.45, 7) is 1.05. The third-order valence-corrected chi connectivity index (χ3v) is 5.55. The first-order chi connectivity index (χ1) is 15.4. The number of nitriles is 1. The van der Waals surface area contributed by atoms with Crippen molar-refractivity contribution in [1.82, 2.24) is 9.88 Å². The van der Waals surface area contributed by atoms with E-state index in [1.807, 2.05) is 6.07 Å². The van der Waals surface area contributed by atoms with E-state index in [1.54, 1.807) is 43.6 Å². The molecule has 3 aromatic rings. The van der Waals surface area contributed by atoms with Gasteiger partial charge in [0.25, 0.3) is 5.91 Å². The fraction of sp³-hybridized carbons (Fsp3) is 0.240. The van der Waals surface area contributed by atoms with Crippen molar-refractivity contribution in [3.63, 3.8) is 0 Å². The molecule has 0 saturated heterocycles. The van der Waals surface area contributed by atoms with Crippen LogP contribution < -0.4 is 4.90 Å². The van der Waals surface area contributed by atoms with Crippen molar-refractivity contribution in [2.75, 3.05) is 11.9 Å². The summed E-state index contributed by atoms with van der Waals surface area (Å²) in [6.07, 6.45) is 5.36. The highest BCUT2D eigenvalue weighted by Gasteiger charge is 2.29. The molecule has 0 bridgehead atoms. The molecule has 1 fully saturated rings. The highest BCUT2D eigenvalue weighted by molar-refractivity contribution is 6.05. The Morgan fingerprint density at radius 2 is 1.73 bits per heavy atom. The molecule has 0 unspecified atom stereocenters. The van der Waals surface area contributed by atoms with Crippen molar-refractivity contribution in [2.45, 2.75) is 32.0 Å². The van der Waals surface area contributed by atoms with E-state index in [0.29, 0.717) is 41.5 Å². The largest absolute Gasteiger partial charge is 0.311 e. The molecule has 0 radical (unpaired) electrons. The summed E-state index contributed by atoms with van der Waals surface area (Å²) >= 11 is 0. The zero-order valence-electron chi connectivity index (χ0n) is 18.0. The first-order valence-electron chi connectivity index (χ1n) is 10.3. The Kier molecular flexibility index (Phi) is 7.75. The molecule has 5 nitrogen and oxygen atoms in total. The van der Waals surface area contributed by atoms with Crippen LogP contribution in [0.4, 0.5) is 14.5 Å². The molecule has 1 saturated carbocycles. The van der Waals surface area contributed by atoms with Crippen molar-refractivity contribution < 1.29 is 13.6 Å². The topological polar surface area (TPSA) is 60.2 Å². The predicted molar refractivity (Wildman–Crippen MR) is 124 cm³/mol. The quantitative estimate of drug-likeness (QED) is 0.484. The highest BCUT2D eigenvalue weighted by atomic mass is 35.5. The molecule has 0 aliphatic heterocycles. The van der Waals surface area contributed by atoms with Crippen LogP contribution in [0.3, 0.4) is 0 Å². The first kappa shape index (κ1) is 24.3. The Hall–Kier alpha value is -3.34. The van der Waals surface area contributed by atoms with Crippen LogP contribution in [0.15, 0.2) is 60.9 Å². The van der Waals surface area contributed by atoms with E-state index in [4.69, 9.17) is 5.26 Å². The molecule has 1 aliphatic carbocycles. The minimum atomic E-state index is -0.853. The molecule has 1 aromatic heterocycles. The number of aromatic nitrogens is 1. The Bertz CT molecular complexity index is 1180. The summed E-state index contributed by atoms with van der Waals surface area (Å²) in [5, 5.41) is 8.94. The zero-order chi connectivity index (χ0) is 22.7. The zero-order valence-corrected chi connectivity index (χ0v) is 18.9. The third kappa shape index (κ3) is 5.92. The van der Waals surface area contributed by atoms with E-state index in [1.165, 1.54) is 17.2 Å². The number of benzene rings is 2. The average molecular weight is 469 g/mol. The van der Waals surface area contributed by atoms with Gasteiger partial charge in [0, 0.05) is 44.3 Å². The third-order valence-electron chi connectivity index (χ3n) is 5.55. The lowest BCUT2D eigenvalue weighted by Crippen LogP contribution is -2.27. The standard InChI is InChI=1S/C25H22F2N4O.ClH/c1-30(21-5-2-17(12-28)3-6-21)25(32)20-10-19(13-29-14-20)16-31(22-7-8-22)15-18-4-9-23(26)24(27)11-18;/h2-6,9-11,13-14,22H,7-8,15-16H2,1H3;1H. The maximum Gasteiger partial charge on any atom is 0.259 e. The van der Waals surface area contributed by atoms with E-state index >= 15 is 0 Å². The summed E-state index contributed by atoms with van der Waals surface area (Å²) in [4.78, 5) is 20.9. The molecule has 1 aliphatic rings. The van der Waals surface area contributed by atoms with Crippen LogP contribution >= 0.6 is 12.4 Å². The summed E-state index contributed by atoms with van der Waals surface area (Å²) < 4.78 is 26.9. The Balaban J connectivity index is 0.00000306. The lowest BCUT2D eigenvalue weighted by molar-refractivity contribution is 0.0992. The molecule has 33 heavy (non-hydrogen) atoms. The Morgan fingerprint density at radius 3 is 2.36 bits per heavy atom. The molecule has 1 amide bonds. The van der Waals surface area contributed by atoms with Gasteiger partial charge in [0.1, 0.15) is 0 Å². The fourth-order valence-corrected chi connectivity index (χ4v) is 3.62. The molecule has 8 heteroatoms. The average Bonchev–Trinajstić information content (AvgIpc) is 3.66.